The van der Waals surface area contributed by atoms with Crippen molar-refractivity contribution in [2.24, 2.45) is 0 Å². The van der Waals surface area contributed by atoms with Crippen molar-refractivity contribution in [3.63, 3.8) is 0 Å². The van der Waals surface area contributed by atoms with E-state index in [1.54, 1.807) is 19.4 Å². The van der Waals surface area contributed by atoms with Gasteiger partial charge in [-0.3, -0.25) is 4.98 Å². The van der Waals surface area contributed by atoms with Crippen LogP contribution >= 0.6 is 0 Å². The molecular weight excluding hydrogens is 267 g/mol. The van der Waals surface area contributed by atoms with Gasteiger partial charge in [0.25, 0.3) is 0 Å². The zero-order valence-corrected chi connectivity index (χ0v) is 12.7. The van der Waals surface area contributed by atoms with Crippen molar-refractivity contribution in [2.75, 3.05) is 13.7 Å². The Balaban J connectivity index is 2.50. The third-order valence-corrected chi connectivity index (χ3v) is 3.41. The second kappa shape index (κ2) is 7.18. The number of hydrogen-bond donors (Lipinski definition) is 1. The summed E-state index contributed by atoms with van der Waals surface area (Å²) in [6.45, 7) is 4.90. The van der Waals surface area contributed by atoms with Crippen LogP contribution in [0.5, 0.6) is 5.75 Å². The molecule has 1 N–H and O–H groups in total. The second-order valence-electron chi connectivity index (χ2n) is 5.03. The average molecular weight is 288 g/mol. The molecule has 0 fully saturated rings. The third-order valence-electron chi connectivity index (χ3n) is 3.41. The molecule has 112 valence electrons. The van der Waals surface area contributed by atoms with Crippen LogP contribution in [0.1, 0.15) is 36.1 Å². The highest BCUT2D eigenvalue weighted by atomic mass is 19.1. The SMILES string of the molecule is CCCNC(c1ccncc1F)c1cc(C)ccc1OC. The molecule has 1 aromatic carbocycles. The quantitative estimate of drug-likeness (QED) is 0.881. The number of halogens is 1. The molecule has 4 heteroatoms. The van der Waals surface area contributed by atoms with Crippen LogP contribution in [-0.2, 0) is 0 Å². The number of rotatable bonds is 6. The predicted octanol–water partition coefficient (Wildman–Crippen LogP) is 3.63. The second-order valence-corrected chi connectivity index (χ2v) is 5.03. The molecule has 2 rings (SSSR count). The molecule has 0 aliphatic carbocycles. The number of benzene rings is 1. The van der Waals surface area contributed by atoms with Crippen LogP contribution in [-0.4, -0.2) is 18.6 Å². The first-order valence-corrected chi connectivity index (χ1v) is 7.14. The Morgan fingerprint density at radius 1 is 1.29 bits per heavy atom. The minimum atomic E-state index is -0.310. The van der Waals surface area contributed by atoms with Crippen molar-refractivity contribution in [1.82, 2.24) is 10.3 Å². The van der Waals surface area contributed by atoms with E-state index in [1.807, 2.05) is 25.1 Å². The maximum absolute atomic E-state index is 14.1. The predicted molar refractivity (Wildman–Crippen MR) is 82.1 cm³/mol. The van der Waals surface area contributed by atoms with Crippen LogP contribution in [0.25, 0.3) is 0 Å². The molecule has 1 unspecified atom stereocenters. The summed E-state index contributed by atoms with van der Waals surface area (Å²) in [6, 6.07) is 7.41. The van der Waals surface area contributed by atoms with E-state index in [1.165, 1.54) is 6.20 Å². The third kappa shape index (κ3) is 3.58. The van der Waals surface area contributed by atoms with Crippen LogP contribution in [0.3, 0.4) is 0 Å². The first kappa shape index (κ1) is 15.4. The lowest BCUT2D eigenvalue weighted by atomic mass is 9.96. The molecular formula is C17H21FN2O. The normalized spacial score (nSPS) is 12.2. The zero-order chi connectivity index (χ0) is 15.2. The molecule has 0 spiro atoms. The highest BCUT2D eigenvalue weighted by Gasteiger charge is 2.20. The lowest BCUT2D eigenvalue weighted by molar-refractivity contribution is 0.402. The Morgan fingerprint density at radius 2 is 2.10 bits per heavy atom. The number of pyridine rings is 1. The molecule has 0 aliphatic rings. The summed E-state index contributed by atoms with van der Waals surface area (Å²) in [6.07, 6.45) is 3.83. The largest absolute Gasteiger partial charge is 0.496 e. The number of methoxy groups -OCH3 is 1. The molecule has 0 radical (unpaired) electrons. The van der Waals surface area contributed by atoms with Gasteiger partial charge in [-0.05, 0) is 32.0 Å². The van der Waals surface area contributed by atoms with Gasteiger partial charge < -0.3 is 10.1 Å². The van der Waals surface area contributed by atoms with E-state index in [9.17, 15) is 4.39 Å². The van der Waals surface area contributed by atoms with Gasteiger partial charge in [-0.25, -0.2) is 4.39 Å². The average Bonchev–Trinajstić information content (AvgIpc) is 2.49. The Kier molecular flexibility index (Phi) is 5.28. The summed E-state index contributed by atoms with van der Waals surface area (Å²) in [5, 5.41) is 3.40. The van der Waals surface area contributed by atoms with Crippen molar-refractivity contribution >= 4 is 0 Å². The molecule has 1 heterocycles. The molecule has 0 bridgehead atoms. The number of ether oxygens (including phenoxy) is 1. The Labute approximate surface area is 125 Å². The van der Waals surface area contributed by atoms with E-state index in [2.05, 4.69) is 17.2 Å². The fourth-order valence-corrected chi connectivity index (χ4v) is 2.38. The molecule has 0 aliphatic heterocycles. The van der Waals surface area contributed by atoms with Crippen LogP contribution in [0.2, 0.25) is 0 Å². The molecule has 0 saturated heterocycles. The topological polar surface area (TPSA) is 34.2 Å². The van der Waals surface area contributed by atoms with Gasteiger partial charge in [-0.2, -0.15) is 0 Å². The molecule has 0 amide bonds. The van der Waals surface area contributed by atoms with Gasteiger partial charge >= 0.3 is 0 Å². The van der Waals surface area contributed by atoms with Gasteiger partial charge in [-0.15, -0.1) is 0 Å². The minimum absolute atomic E-state index is 0.247. The minimum Gasteiger partial charge on any atom is -0.496 e. The van der Waals surface area contributed by atoms with Crippen molar-refractivity contribution < 1.29 is 9.13 Å². The maximum atomic E-state index is 14.1. The molecule has 1 aromatic heterocycles. The number of aryl methyl sites for hydroxylation is 1. The van der Waals surface area contributed by atoms with Crippen molar-refractivity contribution in [1.29, 1.82) is 0 Å². The van der Waals surface area contributed by atoms with Gasteiger partial charge in [-0.1, -0.05) is 24.6 Å². The summed E-state index contributed by atoms with van der Waals surface area (Å²) in [5.74, 6) is 0.445. The van der Waals surface area contributed by atoms with Crippen molar-refractivity contribution in [3.05, 3.63) is 59.2 Å². The summed E-state index contributed by atoms with van der Waals surface area (Å²) in [5.41, 5.74) is 2.64. The Morgan fingerprint density at radius 3 is 2.76 bits per heavy atom. The fourth-order valence-electron chi connectivity index (χ4n) is 2.38. The lowest BCUT2D eigenvalue weighted by Crippen LogP contribution is -2.24. The molecule has 2 aromatic rings. The monoisotopic (exact) mass is 288 g/mol. The standard InChI is InChI=1S/C17H21FN2O/c1-4-8-20-17(13-7-9-19-11-15(13)18)14-10-12(2)5-6-16(14)21-3/h5-7,9-11,17,20H,4,8H2,1-3H3. The summed E-state index contributed by atoms with van der Waals surface area (Å²) in [4.78, 5) is 3.83. The van der Waals surface area contributed by atoms with Crippen LogP contribution < -0.4 is 10.1 Å². The first-order valence-electron chi connectivity index (χ1n) is 7.14. The molecule has 21 heavy (non-hydrogen) atoms. The number of hydrogen-bond acceptors (Lipinski definition) is 3. The molecule has 1 atom stereocenters. The highest BCUT2D eigenvalue weighted by molar-refractivity contribution is 5.43. The first-order chi connectivity index (χ1) is 10.2. The van der Waals surface area contributed by atoms with Gasteiger partial charge in [0.15, 0.2) is 0 Å². The summed E-state index contributed by atoms with van der Waals surface area (Å²) < 4.78 is 19.6. The van der Waals surface area contributed by atoms with E-state index in [-0.39, 0.29) is 11.9 Å². The van der Waals surface area contributed by atoms with Gasteiger partial charge in [0, 0.05) is 17.3 Å². The summed E-state index contributed by atoms with van der Waals surface area (Å²) >= 11 is 0. The van der Waals surface area contributed by atoms with Crippen LogP contribution in [0.4, 0.5) is 4.39 Å². The van der Waals surface area contributed by atoms with Crippen molar-refractivity contribution in [2.45, 2.75) is 26.3 Å². The van der Waals surface area contributed by atoms with E-state index in [4.69, 9.17) is 4.74 Å². The zero-order valence-electron chi connectivity index (χ0n) is 12.7. The van der Waals surface area contributed by atoms with E-state index >= 15 is 0 Å². The van der Waals surface area contributed by atoms with E-state index in [0.717, 1.165) is 29.8 Å². The van der Waals surface area contributed by atoms with Gasteiger partial charge in [0.05, 0.1) is 19.3 Å². The smallest absolute Gasteiger partial charge is 0.146 e. The van der Waals surface area contributed by atoms with E-state index in [0.29, 0.717) is 5.56 Å². The fraction of sp³-hybridized carbons (Fsp3) is 0.353. The van der Waals surface area contributed by atoms with E-state index < -0.39 is 0 Å². The van der Waals surface area contributed by atoms with Crippen molar-refractivity contribution in [3.8, 4) is 5.75 Å². The molecule has 3 nitrogen and oxygen atoms in total. The van der Waals surface area contributed by atoms with Gasteiger partial charge in [0.2, 0.25) is 0 Å². The maximum Gasteiger partial charge on any atom is 0.146 e. The highest BCUT2D eigenvalue weighted by Crippen LogP contribution is 2.31. The van der Waals surface area contributed by atoms with Crippen LogP contribution in [0, 0.1) is 12.7 Å². The summed E-state index contributed by atoms with van der Waals surface area (Å²) in [7, 11) is 1.63. The Hall–Kier alpha value is -1.94. The lowest BCUT2D eigenvalue weighted by Gasteiger charge is -2.22. The number of aromatic nitrogens is 1. The Bertz CT molecular complexity index is 601. The molecule has 0 saturated carbocycles. The van der Waals surface area contributed by atoms with Crippen LogP contribution in [0.15, 0.2) is 36.7 Å². The number of nitrogens with one attached hydrogen (secondary N) is 1. The van der Waals surface area contributed by atoms with Gasteiger partial charge in [0.1, 0.15) is 11.6 Å². The number of nitrogens with zero attached hydrogens (tertiary/aromatic N) is 1.